The van der Waals surface area contributed by atoms with Gasteiger partial charge in [-0.1, -0.05) is 50.2 Å². The van der Waals surface area contributed by atoms with Gasteiger partial charge in [0.1, 0.15) is 23.0 Å². The van der Waals surface area contributed by atoms with E-state index < -0.39 is 0 Å². The molecule has 0 spiro atoms. The molecule has 0 aliphatic carbocycles. The minimum absolute atomic E-state index is 0.183. The Balaban J connectivity index is 1.50. The lowest BCUT2D eigenvalue weighted by molar-refractivity contribution is 0.478. The Kier molecular flexibility index (Phi) is 6.01. The summed E-state index contributed by atoms with van der Waals surface area (Å²) >= 11 is 0. The van der Waals surface area contributed by atoms with Gasteiger partial charge in [-0.25, -0.2) is 0 Å². The summed E-state index contributed by atoms with van der Waals surface area (Å²) in [6, 6.07) is 27.8. The third-order valence-corrected chi connectivity index (χ3v) is 6.26. The smallest absolute Gasteiger partial charge is 0.132 e. The number of hydrogen-bond acceptors (Lipinski definition) is 4. The van der Waals surface area contributed by atoms with Gasteiger partial charge >= 0.3 is 0 Å². The monoisotopic (exact) mass is 438 g/mol. The van der Waals surface area contributed by atoms with Crippen LogP contribution in [0.5, 0.6) is 23.0 Å². The second kappa shape index (κ2) is 8.91. The van der Waals surface area contributed by atoms with Crippen LogP contribution in [0.1, 0.15) is 36.1 Å². The van der Waals surface area contributed by atoms with Crippen molar-refractivity contribution in [2.75, 3.05) is 11.5 Å². The van der Waals surface area contributed by atoms with Crippen molar-refractivity contribution in [2.45, 2.75) is 33.1 Å². The summed E-state index contributed by atoms with van der Waals surface area (Å²) in [6.45, 7) is 8.35. The highest BCUT2D eigenvalue weighted by atomic mass is 16.5. The van der Waals surface area contributed by atoms with Crippen LogP contribution in [0.25, 0.3) is 0 Å². The topological polar surface area (TPSA) is 70.5 Å². The van der Waals surface area contributed by atoms with E-state index in [1.165, 1.54) is 11.1 Å². The van der Waals surface area contributed by atoms with E-state index in [0.29, 0.717) is 0 Å². The maximum absolute atomic E-state index is 6.05. The highest BCUT2D eigenvalue weighted by Gasteiger charge is 2.23. The molecule has 0 amide bonds. The molecule has 4 aromatic rings. The highest BCUT2D eigenvalue weighted by molar-refractivity contribution is 5.55. The van der Waals surface area contributed by atoms with E-state index >= 15 is 0 Å². The van der Waals surface area contributed by atoms with Crippen LogP contribution in [0.2, 0.25) is 0 Å². The number of hydrogen-bond donors (Lipinski definition) is 2. The van der Waals surface area contributed by atoms with Crippen molar-refractivity contribution < 1.29 is 9.47 Å². The van der Waals surface area contributed by atoms with Crippen molar-refractivity contribution in [3.63, 3.8) is 0 Å². The van der Waals surface area contributed by atoms with Gasteiger partial charge in [-0.15, -0.1) is 0 Å². The predicted molar refractivity (Wildman–Crippen MR) is 136 cm³/mol. The van der Waals surface area contributed by atoms with Crippen molar-refractivity contribution in [1.29, 1.82) is 0 Å². The van der Waals surface area contributed by atoms with E-state index in [1.54, 1.807) is 0 Å². The van der Waals surface area contributed by atoms with Gasteiger partial charge in [0.05, 0.1) is 0 Å². The summed E-state index contributed by atoms with van der Waals surface area (Å²) in [7, 11) is 0. The van der Waals surface area contributed by atoms with E-state index in [2.05, 4.69) is 38.1 Å². The molecule has 4 heteroatoms. The molecule has 0 atom stereocenters. The van der Waals surface area contributed by atoms with Crippen LogP contribution in [-0.4, -0.2) is 0 Å². The van der Waals surface area contributed by atoms with E-state index in [0.717, 1.165) is 45.5 Å². The molecule has 0 saturated carbocycles. The van der Waals surface area contributed by atoms with Crippen molar-refractivity contribution >= 4 is 11.4 Å². The van der Waals surface area contributed by atoms with Gasteiger partial charge in [-0.2, -0.15) is 0 Å². The average Bonchev–Trinajstić information content (AvgIpc) is 2.81. The standard InChI is InChI=1S/C29H30N2O2/c1-19-25(30)7-5-9-27(19)32-23-15-11-21(12-16-23)29(3,4)22-13-17-24(18-14-22)33-28-10-6-8-26(31)20(28)2/h5-18H,30-31H2,1-4H3. The number of nitrogen functional groups attached to an aromatic ring is 2. The molecule has 0 heterocycles. The van der Waals surface area contributed by atoms with Gasteiger partial charge in [0.2, 0.25) is 0 Å². The summed E-state index contributed by atoms with van der Waals surface area (Å²) in [5.41, 5.74) is 17.5. The molecule has 4 aromatic carbocycles. The van der Waals surface area contributed by atoms with Crippen molar-refractivity contribution in [3.05, 3.63) is 107 Å². The molecular weight excluding hydrogens is 408 g/mol. The Hall–Kier alpha value is -3.92. The maximum Gasteiger partial charge on any atom is 0.132 e. The van der Waals surface area contributed by atoms with Crippen molar-refractivity contribution in [1.82, 2.24) is 0 Å². The van der Waals surface area contributed by atoms with Crippen LogP contribution in [0.4, 0.5) is 11.4 Å². The SMILES string of the molecule is Cc1c(N)cccc1Oc1ccc(C(C)(C)c2ccc(Oc3cccc(N)c3C)cc2)cc1. The van der Waals surface area contributed by atoms with E-state index in [1.807, 2.05) is 74.5 Å². The summed E-state index contributed by atoms with van der Waals surface area (Å²) < 4.78 is 12.1. The molecule has 33 heavy (non-hydrogen) atoms. The van der Waals surface area contributed by atoms with Crippen LogP contribution in [0, 0.1) is 13.8 Å². The first-order chi connectivity index (χ1) is 15.8. The third-order valence-electron chi connectivity index (χ3n) is 6.26. The van der Waals surface area contributed by atoms with Crippen LogP contribution in [0.3, 0.4) is 0 Å². The first kappa shape index (κ1) is 22.3. The van der Waals surface area contributed by atoms with Crippen molar-refractivity contribution in [3.8, 4) is 23.0 Å². The zero-order valence-electron chi connectivity index (χ0n) is 19.6. The number of rotatable bonds is 6. The highest BCUT2D eigenvalue weighted by Crippen LogP contribution is 2.36. The summed E-state index contributed by atoms with van der Waals surface area (Å²) in [5, 5.41) is 0. The molecule has 0 aliphatic rings. The summed E-state index contributed by atoms with van der Waals surface area (Å²) in [6.07, 6.45) is 0. The second-order valence-electron chi connectivity index (χ2n) is 8.82. The van der Waals surface area contributed by atoms with Gasteiger partial charge in [0.25, 0.3) is 0 Å². The van der Waals surface area contributed by atoms with E-state index in [-0.39, 0.29) is 5.41 Å². The molecule has 168 valence electrons. The summed E-state index contributed by atoms with van der Waals surface area (Å²) in [5.74, 6) is 3.11. The minimum atomic E-state index is -0.183. The van der Waals surface area contributed by atoms with Crippen LogP contribution < -0.4 is 20.9 Å². The zero-order valence-corrected chi connectivity index (χ0v) is 19.6. The minimum Gasteiger partial charge on any atom is -0.457 e. The Labute approximate surface area is 195 Å². The third kappa shape index (κ3) is 4.65. The molecule has 4 N–H and O–H groups in total. The van der Waals surface area contributed by atoms with Crippen LogP contribution in [-0.2, 0) is 5.41 Å². The number of benzene rings is 4. The largest absolute Gasteiger partial charge is 0.457 e. The average molecular weight is 439 g/mol. The Bertz CT molecular complexity index is 1160. The zero-order chi connectivity index (χ0) is 23.6. The van der Waals surface area contributed by atoms with Gasteiger partial charge < -0.3 is 20.9 Å². The molecule has 4 rings (SSSR count). The molecule has 0 unspecified atom stereocenters. The Morgan fingerprint density at radius 3 is 1.27 bits per heavy atom. The lowest BCUT2D eigenvalue weighted by Gasteiger charge is -2.26. The van der Waals surface area contributed by atoms with Crippen LogP contribution in [0.15, 0.2) is 84.9 Å². The fraction of sp³-hybridized carbons (Fsp3) is 0.172. The molecule has 0 radical (unpaired) electrons. The van der Waals surface area contributed by atoms with E-state index in [4.69, 9.17) is 20.9 Å². The molecule has 0 bridgehead atoms. The van der Waals surface area contributed by atoms with Gasteiger partial charge in [-0.3, -0.25) is 0 Å². The normalized spacial score (nSPS) is 11.3. The van der Waals surface area contributed by atoms with E-state index in [9.17, 15) is 0 Å². The van der Waals surface area contributed by atoms with Gasteiger partial charge in [-0.05, 0) is 73.5 Å². The van der Waals surface area contributed by atoms with Crippen LogP contribution >= 0.6 is 0 Å². The van der Waals surface area contributed by atoms with Gasteiger partial charge in [0, 0.05) is 27.9 Å². The fourth-order valence-corrected chi connectivity index (χ4v) is 3.78. The summed E-state index contributed by atoms with van der Waals surface area (Å²) in [4.78, 5) is 0. The lowest BCUT2D eigenvalue weighted by atomic mass is 9.78. The Morgan fingerprint density at radius 2 is 0.909 bits per heavy atom. The van der Waals surface area contributed by atoms with Crippen molar-refractivity contribution in [2.24, 2.45) is 0 Å². The number of ether oxygens (including phenoxy) is 2. The molecule has 0 saturated heterocycles. The molecule has 0 aliphatic heterocycles. The molecule has 4 nitrogen and oxygen atoms in total. The lowest BCUT2D eigenvalue weighted by Crippen LogP contribution is -2.18. The first-order valence-electron chi connectivity index (χ1n) is 11.0. The first-order valence-corrected chi connectivity index (χ1v) is 11.0. The number of nitrogens with two attached hydrogens (primary N) is 2. The maximum atomic E-state index is 6.05. The molecule has 0 fully saturated rings. The fourth-order valence-electron chi connectivity index (χ4n) is 3.78. The quantitative estimate of drug-likeness (QED) is 0.308. The molecule has 0 aromatic heterocycles. The van der Waals surface area contributed by atoms with Gasteiger partial charge in [0.15, 0.2) is 0 Å². The molecular formula is C29H30N2O2. The number of anilines is 2. The predicted octanol–water partition coefficient (Wildman–Crippen LogP) is 7.38. The Morgan fingerprint density at radius 1 is 0.545 bits per heavy atom. The second-order valence-corrected chi connectivity index (χ2v) is 8.82.